The third kappa shape index (κ3) is 5.50. The zero-order valence-electron chi connectivity index (χ0n) is 10.7. The molecule has 2 unspecified atom stereocenters. The van der Waals surface area contributed by atoms with Gasteiger partial charge < -0.3 is 9.64 Å². The van der Waals surface area contributed by atoms with Crippen LogP contribution in [0.3, 0.4) is 0 Å². The fourth-order valence-electron chi connectivity index (χ4n) is 2.03. The minimum atomic E-state index is -2.97. The Morgan fingerprint density at radius 2 is 1.82 bits per heavy atom. The predicted molar refractivity (Wildman–Crippen MR) is 65.5 cm³/mol. The maximum Gasteiger partial charge on any atom is 0.222 e. The molecular weight excluding hydrogens is 242 g/mol. The number of hydrogen-bond donors (Lipinski definition) is 0. The number of rotatable bonds is 4. The first kappa shape index (κ1) is 14.4. The smallest absolute Gasteiger partial charge is 0.222 e. The van der Waals surface area contributed by atoms with E-state index in [1.165, 1.54) is 6.26 Å². The van der Waals surface area contributed by atoms with Crippen LogP contribution in [-0.4, -0.2) is 56.5 Å². The number of carbonyl (C=O) groups is 1. The fourth-order valence-corrected chi connectivity index (χ4v) is 2.69. The normalized spacial score (nSPS) is 25.9. The summed E-state index contributed by atoms with van der Waals surface area (Å²) in [4.78, 5) is 13.6. The van der Waals surface area contributed by atoms with Gasteiger partial charge in [-0.25, -0.2) is 8.42 Å². The van der Waals surface area contributed by atoms with Crippen LogP contribution in [0, 0.1) is 0 Å². The predicted octanol–water partition coefficient (Wildman–Crippen LogP) is 0.447. The van der Waals surface area contributed by atoms with Crippen LogP contribution in [0.5, 0.6) is 0 Å². The molecule has 0 N–H and O–H groups in total. The second kappa shape index (κ2) is 5.82. The van der Waals surface area contributed by atoms with Crippen molar-refractivity contribution in [2.24, 2.45) is 0 Å². The summed E-state index contributed by atoms with van der Waals surface area (Å²) < 4.78 is 27.4. The van der Waals surface area contributed by atoms with E-state index in [9.17, 15) is 13.2 Å². The number of morpholine rings is 1. The molecule has 6 heteroatoms. The third-order valence-corrected chi connectivity index (χ3v) is 3.71. The molecule has 1 aliphatic heterocycles. The molecule has 0 aliphatic carbocycles. The zero-order chi connectivity index (χ0) is 13.1. The van der Waals surface area contributed by atoms with Crippen molar-refractivity contribution in [3.05, 3.63) is 0 Å². The molecule has 2 atom stereocenters. The summed E-state index contributed by atoms with van der Waals surface area (Å²) in [5, 5.41) is 0. The van der Waals surface area contributed by atoms with Crippen molar-refractivity contribution in [2.45, 2.75) is 38.9 Å². The fraction of sp³-hybridized carbons (Fsp3) is 0.909. The molecule has 1 heterocycles. The molecule has 1 rings (SSSR count). The van der Waals surface area contributed by atoms with E-state index in [1.807, 2.05) is 13.8 Å². The lowest BCUT2D eigenvalue weighted by Crippen LogP contribution is -2.48. The van der Waals surface area contributed by atoms with Crippen LogP contribution in [0.15, 0.2) is 0 Å². The number of ether oxygens (including phenoxy) is 1. The summed E-state index contributed by atoms with van der Waals surface area (Å²) in [6, 6.07) is 0. The Morgan fingerprint density at radius 3 is 2.29 bits per heavy atom. The van der Waals surface area contributed by atoms with Crippen molar-refractivity contribution >= 4 is 15.7 Å². The Morgan fingerprint density at radius 1 is 1.29 bits per heavy atom. The number of amides is 1. The van der Waals surface area contributed by atoms with Crippen LogP contribution in [0.1, 0.15) is 26.7 Å². The van der Waals surface area contributed by atoms with Crippen LogP contribution in [0.2, 0.25) is 0 Å². The maximum absolute atomic E-state index is 11.9. The lowest BCUT2D eigenvalue weighted by molar-refractivity contribution is -0.143. The Labute approximate surface area is 103 Å². The van der Waals surface area contributed by atoms with Crippen molar-refractivity contribution in [1.82, 2.24) is 4.90 Å². The quantitative estimate of drug-likeness (QED) is 0.738. The first-order valence-electron chi connectivity index (χ1n) is 5.89. The first-order chi connectivity index (χ1) is 7.78. The van der Waals surface area contributed by atoms with E-state index in [2.05, 4.69) is 0 Å². The van der Waals surface area contributed by atoms with Crippen LogP contribution < -0.4 is 0 Å². The maximum atomic E-state index is 11.9. The molecule has 17 heavy (non-hydrogen) atoms. The highest BCUT2D eigenvalue weighted by Crippen LogP contribution is 2.12. The summed E-state index contributed by atoms with van der Waals surface area (Å²) >= 11 is 0. The molecule has 0 spiro atoms. The molecule has 1 fully saturated rings. The largest absolute Gasteiger partial charge is 0.372 e. The van der Waals surface area contributed by atoms with Gasteiger partial charge in [-0.15, -0.1) is 0 Å². The van der Waals surface area contributed by atoms with E-state index in [4.69, 9.17) is 4.74 Å². The lowest BCUT2D eigenvalue weighted by atomic mass is 10.2. The molecule has 1 amide bonds. The van der Waals surface area contributed by atoms with Crippen molar-refractivity contribution in [3.8, 4) is 0 Å². The summed E-state index contributed by atoms with van der Waals surface area (Å²) in [5.74, 6) is 0.101. The van der Waals surface area contributed by atoms with Gasteiger partial charge in [0.15, 0.2) is 0 Å². The first-order valence-corrected chi connectivity index (χ1v) is 7.95. The van der Waals surface area contributed by atoms with Gasteiger partial charge in [0.2, 0.25) is 5.91 Å². The topological polar surface area (TPSA) is 63.7 Å². The van der Waals surface area contributed by atoms with Crippen LogP contribution in [-0.2, 0) is 19.4 Å². The van der Waals surface area contributed by atoms with E-state index in [0.29, 0.717) is 25.9 Å². The van der Waals surface area contributed by atoms with E-state index in [-0.39, 0.29) is 23.9 Å². The molecule has 100 valence electrons. The molecule has 0 saturated carbocycles. The molecule has 1 saturated heterocycles. The third-order valence-electron chi connectivity index (χ3n) is 2.68. The van der Waals surface area contributed by atoms with Gasteiger partial charge in [-0.05, 0) is 20.3 Å². The van der Waals surface area contributed by atoms with Crippen molar-refractivity contribution in [2.75, 3.05) is 25.1 Å². The van der Waals surface area contributed by atoms with Crippen molar-refractivity contribution in [1.29, 1.82) is 0 Å². The standard InChI is InChI=1S/C11H21NO4S/c1-9-7-12(8-10(2)16-9)11(13)5-4-6-17(3,14)15/h9-10H,4-8H2,1-3H3. The summed E-state index contributed by atoms with van der Waals surface area (Å²) in [6.45, 7) is 5.07. The SMILES string of the molecule is CC1CN(C(=O)CCCS(C)(=O)=O)CC(C)O1. The van der Waals surface area contributed by atoms with E-state index in [1.54, 1.807) is 4.90 Å². The Balaban J connectivity index is 2.37. The minimum Gasteiger partial charge on any atom is -0.372 e. The second-order valence-corrected chi connectivity index (χ2v) is 7.05. The minimum absolute atomic E-state index is 0.0238. The summed E-state index contributed by atoms with van der Waals surface area (Å²) in [7, 11) is -2.97. The number of carbonyl (C=O) groups excluding carboxylic acids is 1. The van der Waals surface area contributed by atoms with Gasteiger partial charge in [-0.2, -0.15) is 0 Å². The Kier molecular flexibility index (Phi) is 4.94. The molecule has 1 aliphatic rings. The second-order valence-electron chi connectivity index (χ2n) is 4.79. The van der Waals surface area contributed by atoms with Gasteiger partial charge in [0.1, 0.15) is 9.84 Å². The van der Waals surface area contributed by atoms with Crippen molar-refractivity contribution in [3.63, 3.8) is 0 Å². The molecule has 0 bridgehead atoms. The average Bonchev–Trinajstić information content (AvgIpc) is 2.13. The monoisotopic (exact) mass is 263 g/mol. The lowest BCUT2D eigenvalue weighted by Gasteiger charge is -2.35. The molecule has 0 aromatic carbocycles. The highest BCUT2D eigenvalue weighted by atomic mass is 32.2. The molecule has 5 nitrogen and oxygen atoms in total. The highest BCUT2D eigenvalue weighted by Gasteiger charge is 2.25. The van der Waals surface area contributed by atoms with E-state index >= 15 is 0 Å². The summed E-state index contributed by atoms with van der Waals surface area (Å²) in [6.07, 6.45) is 2.00. The molecule has 0 aromatic heterocycles. The van der Waals surface area contributed by atoms with E-state index < -0.39 is 9.84 Å². The van der Waals surface area contributed by atoms with Gasteiger partial charge in [-0.1, -0.05) is 0 Å². The average molecular weight is 263 g/mol. The Bertz CT molecular complexity index is 356. The van der Waals surface area contributed by atoms with Gasteiger partial charge in [0.25, 0.3) is 0 Å². The molecular formula is C11H21NO4S. The number of hydrogen-bond acceptors (Lipinski definition) is 4. The molecule has 0 radical (unpaired) electrons. The van der Waals surface area contributed by atoms with Gasteiger partial charge >= 0.3 is 0 Å². The van der Waals surface area contributed by atoms with Gasteiger partial charge in [-0.3, -0.25) is 4.79 Å². The van der Waals surface area contributed by atoms with Crippen LogP contribution in [0.4, 0.5) is 0 Å². The molecule has 0 aromatic rings. The van der Waals surface area contributed by atoms with E-state index in [0.717, 1.165) is 0 Å². The zero-order valence-corrected chi connectivity index (χ0v) is 11.5. The van der Waals surface area contributed by atoms with Crippen molar-refractivity contribution < 1.29 is 17.9 Å². The summed E-state index contributed by atoms with van der Waals surface area (Å²) in [5.41, 5.74) is 0. The highest BCUT2D eigenvalue weighted by molar-refractivity contribution is 7.90. The number of sulfone groups is 1. The van der Waals surface area contributed by atoms with Crippen LogP contribution >= 0.6 is 0 Å². The van der Waals surface area contributed by atoms with Gasteiger partial charge in [0.05, 0.1) is 18.0 Å². The Hall–Kier alpha value is -0.620. The van der Waals surface area contributed by atoms with Gasteiger partial charge in [0, 0.05) is 25.8 Å². The van der Waals surface area contributed by atoms with Crippen LogP contribution in [0.25, 0.3) is 0 Å². The number of nitrogens with zero attached hydrogens (tertiary/aromatic N) is 1.